The van der Waals surface area contributed by atoms with Gasteiger partial charge in [0.25, 0.3) is 0 Å². The maximum absolute atomic E-state index is 10.8. The summed E-state index contributed by atoms with van der Waals surface area (Å²) in [7, 11) is 1.28. The Labute approximate surface area is 81.3 Å². The minimum absolute atomic E-state index is 0. The van der Waals surface area contributed by atoms with Gasteiger partial charge in [-0.2, -0.15) is 0 Å². The van der Waals surface area contributed by atoms with E-state index in [1.54, 1.807) is 0 Å². The second-order valence-corrected chi connectivity index (χ2v) is 2.09. The number of carbonyl (C=O) groups is 2. The van der Waals surface area contributed by atoms with Crippen LogP contribution in [0.3, 0.4) is 0 Å². The fourth-order valence-corrected chi connectivity index (χ4v) is 0.700. The van der Waals surface area contributed by atoms with Gasteiger partial charge in [0.05, 0.1) is 7.11 Å². The first kappa shape index (κ1) is 11.6. The molecule has 5 heteroatoms. The van der Waals surface area contributed by atoms with Crippen molar-refractivity contribution in [3.8, 4) is 0 Å². The number of nitrogens with zero attached hydrogens (tertiary/aromatic N) is 1. The molecule has 4 nitrogen and oxygen atoms in total. The molecule has 13 heavy (non-hydrogen) atoms. The number of ether oxygens (including phenoxy) is 1. The highest BCUT2D eigenvalue weighted by molar-refractivity contribution is 5.87. The highest BCUT2D eigenvalue weighted by Gasteiger charge is 2.05. The van der Waals surface area contributed by atoms with Crippen molar-refractivity contribution < 1.29 is 14.3 Å². The molecule has 0 spiro atoms. The third-order valence-electron chi connectivity index (χ3n) is 1.32. The number of hydrogen-bond donors (Lipinski definition) is 0. The smallest absolute Gasteiger partial charge is 0.356 e. The standard InChI is InChI=1S/C8H7NO3.ClH/c1-12-8(11)7-3-2-6(5-10)4-9-7;/h2-5H,1H3;1H. The molecule has 1 aromatic rings. The SMILES string of the molecule is COC(=O)c1ccc(C=O)cn1.Cl. The van der Waals surface area contributed by atoms with Gasteiger partial charge in [-0.05, 0) is 12.1 Å². The molecular formula is C8H8ClNO3. The van der Waals surface area contributed by atoms with Gasteiger partial charge in [0, 0.05) is 11.8 Å². The van der Waals surface area contributed by atoms with Crippen LogP contribution < -0.4 is 0 Å². The van der Waals surface area contributed by atoms with Crippen molar-refractivity contribution in [2.24, 2.45) is 0 Å². The van der Waals surface area contributed by atoms with Crippen molar-refractivity contribution in [2.75, 3.05) is 7.11 Å². The summed E-state index contributed by atoms with van der Waals surface area (Å²) in [5.41, 5.74) is 0.630. The molecule has 1 aromatic heterocycles. The van der Waals surface area contributed by atoms with Gasteiger partial charge in [-0.15, -0.1) is 12.4 Å². The van der Waals surface area contributed by atoms with Crippen LogP contribution in [0.25, 0.3) is 0 Å². The van der Waals surface area contributed by atoms with Gasteiger partial charge in [0.15, 0.2) is 6.29 Å². The number of pyridine rings is 1. The Morgan fingerprint density at radius 3 is 2.62 bits per heavy atom. The van der Waals surface area contributed by atoms with Gasteiger partial charge in [-0.25, -0.2) is 9.78 Å². The summed E-state index contributed by atoms with van der Waals surface area (Å²) in [6, 6.07) is 2.95. The molecule has 0 aliphatic rings. The summed E-state index contributed by atoms with van der Waals surface area (Å²) in [5.74, 6) is -0.507. The number of esters is 1. The van der Waals surface area contributed by atoms with Crippen LogP contribution in [0.1, 0.15) is 20.8 Å². The molecule has 0 fully saturated rings. The van der Waals surface area contributed by atoms with Crippen LogP contribution in [-0.2, 0) is 4.74 Å². The van der Waals surface area contributed by atoms with E-state index in [2.05, 4.69) is 9.72 Å². The number of halogens is 1. The molecule has 1 rings (SSSR count). The summed E-state index contributed by atoms with van der Waals surface area (Å²) in [5, 5.41) is 0. The van der Waals surface area contributed by atoms with Crippen LogP contribution in [0.2, 0.25) is 0 Å². The maximum atomic E-state index is 10.8. The summed E-state index contributed by atoms with van der Waals surface area (Å²) in [6.45, 7) is 0. The number of methoxy groups -OCH3 is 1. The number of rotatable bonds is 2. The molecule has 0 aliphatic carbocycles. The topological polar surface area (TPSA) is 56.3 Å². The summed E-state index contributed by atoms with van der Waals surface area (Å²) >= 11 is 0. The average molecular weight is 202 g/mol. The van der Waals surface area contributed by atoms with E-state index >= 15 is 0 Å². The Balaban J connectivity index is 0.00000144. The summed E-state index contributed by atoms with van der Waals surface area (Å²) < 4.78 is 4.42. The molecule has 0 radical (unpaired) electrons. The van der Waals surface area contributed by atoms with Crippen LogP contribution in [0, 0.1) is 0 Å². The number of aromatic nitrogens is 1. The van der Waals surface area contributed by atoms with E-state index in [0.717, 1.165) is 0 Å². The highest BCUT2D eigenvalue weighted by atomic mass is 35.5. The van der Waals surface area contributed by atoms with Crippen molar-refractivity contribution in [2.45, 2.75) is 0 Å². The Bertz CT molecular complexity index is 297. The molecule has 70 valence electrons. The van der Waals surface area contributed by atoms with Crippen LogP contribution in [0.5, 0.6) is 0 Å². The van der Waals surface area contributed by atoms with Crippen molar-refractivity contribution in [1.29, 1.82) is 0 Å². The second kappa shape index (κ2) is 5.27. The molecular weight excluding hydrogens is 194 g/mol. The third kappa shape index (κ3) is 2.83. The van der Waals surface area contributed by atoms with E-state index in [4.69, 9.17) is 0 Å². The van der Waals surface area contributed by atoms with Gasteiger partial charge >= 0.3 is 5.97 Å². The average Bonchev–Trinajstić information content (AvgIpc) is 2.17. The fraction of sp³-hybridized carbons (Fsp3) is 0.125. The zero-order valence-corrected chi connectivity index (χ0v) is 7.71. The Morgan fingerprint density at radius 1 is 1.54 bits per heavy atom. The largest absolute Gasteiger partial charge is 0.464 e. The predicted octanol–water partition coefficient (Wildman–Crippen LogP) is 1.10. The van der Waals surface area contributed by atoms with E-state index in [9.17, 15) is 9.59 Å². The molecule has 1 heterocycles. The minimum atomic E-state index is -0.507. The quantitative estimate of drug-likeness (QED) is 0.531. The van der Waals surface area contributed by atoms with E-state index in [1.165, 1.54) is 25.4 Å². The van der Waals surface area contributed by atoms with Gasteiger partial charge in [-0.1, -0.05) is 0 Å². The molecule has 0 N–H and O–H groups in total. The minimum Gasteiger partial charge on any atom is -0.464 e. The van der Waals surface area contributed by atoms with Gasteiger partial charge in [-0.3, -0.25) is 4.79 Å². The van der Waals surface area contributed by atoms with Crippen molar-refractivity contribution >= 4 is 24.7 Å². The molecule has 0 amide bonds. The lowest BCUT2D eigenvalue weighted by Crippen LogP contribution is -2.03. The molecule has 0 bridgehead atoms. The van der Waals surface area contributed by atoms with Crippen molar-refractivity contribution in [3.63, 3.8) is 0 Å². The van der Waals surface area contributed by atoms with Gasteiger partial charge in [0.1, 0.15) is 5.69 Å². The summed E-state index contributed by atoms with van der Waals surface area (Å²) in [6.07, 6.45) is 1.98. The lowest BCUT2D eigenvalue weighted by molar-refractivity contribution is 0.0594. The second-order valence-electron chi connectivity index (χ2n) is 2.09. The normalized spacial score (nSPS) is 8.38. The molecule has 0 aliphatic heterocycles. The van der Waals surface area contributed by atoms with E-state index < -0.39 is 5.97 Å². The van der Waals surface area contributed by atoms with E-state index in [0.29, 0.717) is 11.8 Å². The zero-order valence-electron chi connectivity index (χ0n) is 6.89. The third-order valence-corrected chi connectivity index (χ3v) is 1.32. The van der Waals surface area contributed by atoms with Crippen molar-refractivity contribution in [3.05, 3.63) is 29.6 Å². The first-order valence-electron chi connectivity index (χ1n) is 3.27. The van der Waals surface area contributed by atoms with E-state index in [1.807, 2.05) is 0 Å². The van der Waals surface area contributed by atoms with Crippen LogP contribution in [0.4, 0.5) is 0 Å². The monoisotopic (exact) mass is 201 g/mol. The fourth-order valence-electron chi connectivity index (χ4n) is 0.700. The predicted molar refractivity (Wildman–Crippen MR) is 48.2 cm³/mol. The lowest BCUT2D eigenvalue weighted by atomic mass is 10.3. The van der Waals surface area contributed by atoms with Gasteiger partial charge < -0.3 is 4.74 Å². The highest BCUT2D eigenvalue weighted by Crippen LogP contribution is 1.98. The number of carbonyl (C=O) groups excluding carboxylic acids is 2. The van der Waals surface area contributed by atoms with E-state index in [-0.39, 0.29) is 18.1 Å². The number of aldehydes is 1. The van der Waals surface area contributed by atoms with Crippen molar-refractivity contribution in [1.82, 2.24) is 4.98 Å². The van der Waals surface area contributed by atoms with Crippen LogP contribution in [0.15, 0.2) is 18.3 Å². The zero-order chi connectivity index (χ0) is 8.97. The van der Waals surface area contributed by atoms with Gasteiger partial charge in [0.2, 0.25) is 0 Å². The first-order valence-corrected chi connectivity index (χ1v) is 3.27. The first-order chi connectivity index (χ1) is 5.77. The van der Waals surface area contributed by atoms with Crippen LogP contribution >= 0.6 is 12.4 Å². The number of hydrogen-bond acceptors (Lipinski definition) is 4. The Morgan fingerprint density at radius 2 is 2.23 bits per heavy atom. The van der Waals surface area contributed by atoms with Crippen LogP contribution in [-0.4, -0.2) is 24.3 Å². The Hall–Kier alpha value is -1.42. The molecule has 0 unspecified atom stereocenters. The molecule has 0 atom stereocenters. The molecule has 0 aromatic carbocycles. The molecule has 0 saturated carbocycles. The summed E-state index contributed by atoms with van der Waals surface area (Å²) in [4.78, 5) is 24.8. The Kier molecular flexibility index (Phi) is 4.69. The lowest BCUT2D eigenvalue weighted by Gasteiger charge is -1.96. The molecule has 0 saturated heterocycles. The maximum Gasteiger partial charge on any atom is 0.356 e.